The van der Waals surface area contributed by atoms with Gasteiger partial charge in [-0.2, -0.15) is 0 Å². The Morgan fingerprint density at radius 2 is 0.875 bits per heavy atom. The van der Waals surface area contributed by atoms with Crippen LogP contribution in [0.1, 0.15) is 88.2 Å². The second kappa shape index (κ2) is 15.2. The summed E-state index contributed by atoms with van der Waals surface area (Å²) in [7, 11) is 0. The molecule has 0 spiro atoms. The van der Waals surface area contributed by atoms with Gasteiger partial charge in [0.15, 0.2) is 0 Å². The van der Waals surface area contributed by atoms with Crippen molar-refractivity contribution in [3.8, 4) is 22.3 Å². The van der Waals surface area contributed by atoms with E-state index in [1.165, 1.54) is 82.3 Å². The van der Waals surface area contributed by atoms with Gasteiger partial charge in [0.1, 0.15) is 0 Å². The Labute approximate surface area is 285 Å². The van der Waals surface area contributed by atoms with Crippen molar-refractivity contribution in [2.45, 2.75) is 102 Å². The Bertz CT molecular complexity index is 1740. The molecule has 0 aliphatic heterocycles. The van der Waals surface area contributed by atoms with Crippen molar-refractivity contribution in [2.75, 3.05) is 0 Å². The molecular formula is C44H48N2O2. The molecule has 0 aromatic heterocycles. The summed E-state index contributed by atoms with van der Waals surface area (Å²) in [6, 6.07) is 35.5. The van der Waals surface area contributed by atoms with Gasteiger partial charge in [0.25, 0.3) is 0 Å². The predicted molar refractivity (Wildman–Crippen MR) is 199 cm³/mol. The molecule has 5 aromatic rings. The SMILES string of the molecule is O=C(CCc1ccc2ccccc2c1-c1ccc(-c2c(CCC(=O)NC3CCCCC3)ccc3ccccc23)cc1)NC1CCCCC1. The van der Waals surface area contributed by atoms with Gasteiger partial charge in [-0.15, -0.1) is 0 Å². The highest BCUT2D eigenvalue weighted by Gasteiger charge is 2.19. The third-order valence-corrected chi connectivity index (χ3v) is 10.7. The summed E-state index contributed by atoms with van der Waals surface area (Å²) in [6.07, 6.45) is 14.2. The lowest BCUT2D eigenvalue weighted by Crippen LogP contribution is -2.36. The minimum absolute atomic E-state index is 0.160. The van der Waals surface area contributed by atoms with E-state index in [0.717, 1.165) is 36.8 Å². The molecule has 2 fully saturated rings. The Morgan fingerprint density at radius 3 is 1.29 bits per heavy atom. The van der Waals surface area contributed by atoms with Gasteiger partial charge in [0.2, 0.25) is 11.8 Å². The number of fused-ring (bicyclic) bond motifs is 2. The van der Waals surface area contributed by atoms with Crippen LogP contribution in [0.4, 0.5) is 0 Å². The number of hydrogen-bond acceptors (Lipinski definition) is 2. The number of carbonyl (C=O) groups is 2. The third-order valence-electron chi connectivity index (χ3n) is 10.7. The van der Waals surface area contributed by atoms with E-state index in [9.17, 15) is 9.59 Å². The van der Waals surface area contributed by atoms with E-state index in [0.29, 0.717) is 37.8 Å². The van der Waals surface area contributed by atoms with Gasteiger partial charge in [-0.3, -0.25) is 9.59 Å². The molecule has 246 valence electrons. The highest BCUT2D eigenvalue weighted by Crippen LogP contribution is 2.37. The molecular weight excluding hydrogens is 588 g/mol. The molecule has 2 aliphatic rings. The molecule has 2 saturated carbocycles. The molecule has 4 nitrogen and oxygen atoms in total. The monoisotopic (exact) mass is 636 g/mol. The summed E-state index contributed by atoms with van der Waals surface area (Å²) in [5.41, 5.74) is 7.15. The van der Waals surface area contributed by atoms with Crippen LogP contribution in [-0.4, -0.2) is 23.9 Å². The number of benzene rings is 5. The van der Waals surface area contributed by atoms with Crippen molar-refractivity contribution in [2.24, 2.45) is 0 Å². The summed E-state index contributed by atoms with van der Waals surface area (Å²) < 4.78 is 0. The zero-order chi connectivity index (χ0) is 32.7. The van der Waals surface area contributed by atoms with E-state index in [1.54, 1.807) is 0 Å². The van der Waals surface area contributed by atoms with Gasteiger partial charge in [-0.1, -0.05) is 136 Å². The van der Waals surface area contributed by atoms with Crippen LogP contribution in [0.5, 0.6) is 0 Å². The summed E-state index contributed by atoms with van der Waals surface area (Å²) in [5, 5.41) is 11.4. The Kier molecular flexibility index (Phi) is 10.2. The number of rotatable bonds is 10. The first kappa shape index (κ1) is 32.1. The standard InChI is InChI=1S/C44H48N2O2/c47-41(45-37-13-3-1-4-14-37)29-27-35-21-19-31-11-7-9-17-39(31)43(35)33-23-25-34(26-24-33)44-36(22-20-32-12-8-10-18-40(32)44)28-30-42(48)46-38-15-5-2-6-16-38/h7-12,17-26,37-38H,1-6,13-16,27-30H2,(H,45,47)(H,46,48). The average molecular weight is 637 g/mol. The van der Waals surface area contributed by atoms with Gasteiger partial charge >= 0.3 is 0 Å². The number of amides is 2. The summed E-state index contributed by atoms with van der Waals surface area (Å²) in [5.74, 6) is 0.319. The lowest BCUT2D eigenvalue weighted by molar-refractivity contribution is -0.122. The van der Waals surface area contributed by atoms with Crippen molar-refractivity contribution in [3.63, 3.8) is 0 Å². The molecule has 48 heavy (non-hydrogen) atoms. The molecule has 2 N–H and O–H groups in total. The zero-order valence-corrected chi connectivity index (χ0v) is 28.1. The maximum atomic E-state index is 13.0. The van der Waals surface area contributed by atoms with Crippen LogP contribution in [0, 0.1) is 0 Å². The average Bonchev–Trinajstić information content (AvgIpc) is 3.13. The number of aryl methyl sites for hydroxylation is 2. The van der Waals surface area contributed by atoms with Gasteiger partial charge in [0, 0.05) is 24.9 Å². The fourth-order valence-corrected chi connectivity index (χ4v) is 8.13. The maximum Gasteiger partial charge on any atom is 0.220 e. The molecule has 5 aromatic carbocycles. The quantitative estimate of drug-likeness (QED) is 0.160. The van der Waals surface area contributed by atoms with Gasteiger partial charge in [0.05, 0.1) is 0 Å². The summed E-state index contributed by atoms with van der Waals surface area (Å²) >= 11 is 0. The molecule has 0 radical (unpaired) electrons. The van der Waals surface area contributed by atoms with Crippen molar-refractivity contribution in [1.82, 2.24) is 10.6 Å². The topological polar surface area (TPSA) is 58.2 Å². The van der Waals surface area contributed by atoms with Crippen LogP contribution >= 0.6 is 0 Å². The summed E-state index contributed by atoms with van der Waals surface area (Å²) in [4.78, 5) is 26.0. The molecule has 4 heteroatoms. The first-order chi connectivity index (χ1) is 23.6. The van der Waals surface area contributed by atoms with Gasteiger partial charge in [-0.05, 0) is 93.5 Å². The van der Waals surface area contributed by atoms with E-state index < -0.39 is 0 Å². The second-order valence-corrected chi connectivity index (χ2v) is 14.0. The van der Waals surface area contributed by atoms with Crippen LogP contribution in [-0.2, 0) is 22.4 Å². The molecule has 0 saturated heterocycles. The molecule has 0 bridgehead atoms. The lowest BCUT2D eigenvalue weighted by atomic mass is 9.88. The van der Waals surface area contributed by atoms with Crippen LogP contribution in [0.15, 0.2) is 97.1 Å². The van der Waals surface area contributed by atoms with E-state index in [2.05, 4.69) is 108 Å². The van der Waals surface area contributed by atoms with Gasteiger partial charge in [-0.25, -0.2) is 0 Å². The first-order valence-electron chi connectivity index (χ1n) is 18.3. The maximum absolute atomic E-state index is 13.0. The van der Waals surface area contributed by atoms with E-state index >= 15 is 0 Å². The largest absolute Gasteiger partial charge is 0.353 e. The summed E-state index contributed by atoms with van der Waals surface area (Å²) in [6.45, 7) is 0. The van der Waals surface area contributed by atoms with Gasteiger partial charge < -0.3 is 10.6 Å². The van der Waals surface area contributed by atoms with Crippen LogP contribution in [0.2, 0.25) is 0 Å². The fraction of sp³-hybridized carbons (Fsp3) is 0.364. The predicted octanol–water partition coefficient (Wildman–Crippen LogP) is 10.1. The van der Waals surface area contributed by atoms with Crippen molar-refractivity contribution < 1.29 is 9.59 Å². The van der Waals surface area contributed by atoms with Crippen molar-refractivity contribution in [1.29, 1.82) is 0 Å². The minimum atomic E-state index is 0.160. The smallest absolute Gasteiger partial charge is 0.220 e. The first-order valence-corrected chi connectivity index (χ1v) is 18.3. The van der Waals surface area contributed by atoms with Crippen LogP contribution in [0.25, 0.3) is 43.8 Å². The van der Waals surface area contributed by atoms with E-state index in [-0.39, 0.29) is 11.8 Å². The minimum Gasteiger partial charge on any atom is -0.353 e. The van der Waals surface area contributed by atoms with E-state index in [1.807, 2.05) is 0 Å². The molecule has 0 heterocycles. The Hall–Kier alpha value is -4.44. The van der Waals surface area contributed by atoms with Crippen LogP contribution < -0.4 is 10.6 Å². The Morgan fingerprint density at radius 1 is 0.479 bits per heavy atom. The molecule has 2 aliphatic carbocycles. The molecule has 0 unspecified atom stereocenters. The zero-order valence-electron chi connectivity index (χ0n) is 28.1. The second-order valence-electron chi connectivity index (χ2n) is 14.0. The lowest BCUT2D eigenvalue weighted by Gasteiger charge is -2.23. The number of hydrogen-bond donors (Lipinski definition) is 2. The normalized spacial score (nSPS) is 15.8. The highest BCUT2D eigenvalue weighted by atomic mass is 16.2. The fourth-order valence-electron chi connectivity index (χ4n) is 8.13. The van der Waals surface area contributed by atoms with Crippen molar-refractivity contribution in [3.05, 3.63) is 108 Å². The third kappa shape index (κ3) is 7.49. The molecule has 2 amide bonds. The Balaban J connectivity index is 1.16. The number of carbonyl (C=O) groups excluding carboxylic acids is 2. The molecule has 7 rings (SSSR count). The van der Waals surface area contributed by atoms with E-state index in [4.69, 9.17) is 0 Å². The number of nitrogens with one attached hydrogen (secondary N) is 2. The highest BCUT2D eigenvalue weighted by molar-refractivity contribution is 6.01. The van der Waals surface area contributed by atoms with Crippen molar-refractivity contribution >= 4 is 33.4 Å². The van der Waals surface area contributed by atoms with Crippen LogP contribution in [0.3, 0.4) is 0 Å². The molecule has 0 atom stereocenters.